The van der Waals surface area contributed by atoms with Crippen LogP contribution in [0.25, 0.3) is 0 Å². The molecule has 2 aromatic rings. The molecule has 3 fully saturated rings. The number of halogens is 8. The summed E-state index contributed by atoms with van der Waals surface area (Å²) in [6, 6.07) is 0.0821. The fourth-order valence-corrected chi connectivity index (χ4v) is 6.27. The summed E-state index contributed by atoms with van der Waals surface area (Å²) in [7, 11) is -10.0. The Balaban J connectivity index is 1.57. The molecule has 2 N–H and O–H groups in total. The summed E-state index contributed by atoms with van der Waals surface area (Å²) in [5.41, 5.74) is -1.59. The molecule has 2 heterocycles. The van der Waals surface area contributed by atoms with Gasteiger partial charge in [-0.2, -0.15) is 0 Å². The number of alkyl halides is 2. The number of aromatic nitrogens is 1. The molecule has 3 aliphatic rings. The molecule has 2 unspecified atom stereocenters. The third-order valence-corrected chi connectivity index (χ3v) is 8.97. The molecule has 0 spiro atoms. The number of rotatable bonds is 7. The van der Waals surface area contributed by atoms with Gasteiger partial charge in [-0.1, -0.05) is 19.4 Å². The molecule has 0 bridgehead atoms. The van der Waals surface area contributed by atoms with E-state index in [9.17, 15) is 42.2 Å². The maximum Gasteiger partial charge on any atom is 0.310 e. The van der Waals surface area contributed by atoms with Crippen LogP contribution in [0.3, 0.4) is 0 Å². The molecule has 5 rings (SSSR count). The van der Waals surface area contributed by atoms with Crippen LogP contribution in [0, 0.1) is 11.7 Å². The number of anilines is 1. The van der Waals surface area contributed by atoms with E-state index in [4.69, 9.17) is 0 Å². The second kappa shape index (κ2) is 8.78. The van der Waals surface area contributed by atoms with Gasteiger partial charge >= 0.3 is 10.2 Å². The fraction of sp³-hybridized carbons (Fsp3) is 0.480. The molecule has 2 saturated carbocycles. The van der Waals surface area contributed by atoms with E-state index in [1.54, 1.807) is 0 Å². The largest absolute Gasteiger partial charge is 0.351 e. The van der Waals surface area contributed by atoms with Crippen molar-refractivity contribution in [1.29, 1.82) is 0 Å². The van der Waals surface area contributed by atoms with Gasteiger partial charge in [-0.3, -0.25) is 19.5 Å². The minimum Gasteiger partial charge on any atom is -0.351 e. The van der Waals surface area contributed by atoms with Crippen molar-refractivity contribution < 1.29 is 42.2 Å². The Kier molecular flexibility index (Phi) is 6.27. The standard InChI is InChI=1S/C25H26F8N4O2S/c26-17-11-15(13-34-14-17)21(22(38)36-18-5-8-24(27,28)9-6-18)37(23(39)25-12-16(25)7-10-35-25)19-1-3-20(4-2-19)40(29,30,31,32)33/h1-4,11,13-14,16,18,21,35H,5-10,12H2,(H,36,38)/t16?,21?,25-/m1/s1. The number of nitrogens with zero attached hydrogens (tertiary/aromatic N) is 2. The summed E-state index contributed by atoms with van der Waals surface area (Å²) in [5.74, 6) is -5.51. The predicted octanol–water partition coefficient (Wildman–Crippen LogP) is 6.40. The highest BCUT2D eigenvalue weighted by molar-refractivity contribution is 8.45. The maximum atomic E-state index is 14.3. The second-order valence-electron chi connectivity index (χ2n) is 10.7. The van der Waals surface area contributed by atoms with Crippen molar-refractivity contribution >= 4 is 27.7 Å². The molecule has 40 heavy (non-hydrogen) atoms. The summed E-state index contributed by atoms with van der Waals surface area (Å²) < 4.78 is 109. The summed E-state index contributed by atoms with van der Waals surface area (Å²) in [5, 5.41) is 5.67. The average molecular weight is 599 g/mol. The van der Waals surface area contributed by atoms with E-state index in [1.165, 1.54) is 0 Å². The van der Waals surface area contributed by atoms with E-state index < -0.39 is 69.1 Å². The van der Waals surface area contributed by atoms with Crippen LogP contribution in [0.2, 0.25) is 0 Å². The molecule has 1 aromatic carbocycles. The molecule has 1 aliphatic heterocycles. The SMILES string of the molecule is O=C(NC1CCC(F)(F)CC1)C(c1cncc(F)c1)N(C(=O)[C@@]12CC1CCN2)c1ccc(S(F)(F)(F)(F)F)cc1. The molecule has 15 heteroatoms. The van der Waals surface area contributed by atoms with Gasteiger partial charge in [-0.15, -0.1) is 0 Å². The van der Waals surface area contributed by atoms with Crippen molar-refractivity contribution in [3.8, 4) is 0 Å². The number of amides is 2. The highest BCUT2D eigenvalue weighted by atomic mass is 32.5. The molecule has 220 valence electrons. The number of pyridine rings is 1. The normalized spacial score (nSPS) is 26.6. The quantitative estimate of drug-likeness (QED) is 0.362. The predicted molar refractivity (Wildman–Crippen MR) is 131 cm³/mol. The van der Waals surface area contributed by atoms with Crippen LogP contribution in [-0.2, 0) is 9.59 Å². The maximum absolute atomic E-state index is 14.3. The molecule has 2 amide bonds. The zero-order valence-electron chi connectivity index (χ0n) is 20.9. The molecule has 2 aliphatic carbocycles. The van der Waals surface area contributed by atoms with Crippen LogP contribution in [0.4, 0.5) is 38.3 Å². The van der Waals surface area contributed by atoms with Crippen LogP contribution >= 0.6 is 10.2 Å². The van der Waals surface area contributed by atoms with Gasteiger partial charge < -0.3 is 10.6 Å². The lowest BCUT2D eigenvalue weighted by Gasteiger charge is -2.41. The Bertz CT molecular complexity index is 1330. The van der Waals surface area contributed by atoms with Gasteiger partial charge in [0.25, 0.3) is 0 Å². The van der Waals surface area contributed by atoms with Crippen molar-refractivity contribution in [1.82, 2.24) is 15.6 Å². The Morgan fingerprint density at radius 3 is 2.20 bits per heavy atom. The Morgan fingerprint density at radius 1 is 1.02 bits per heavy atom. The minimum atomic E-state index is -10.0. The summed E-state index contributed by atoms with van der Waals surface area (Å²) >= 11 is 0. The zero-order chi connectivity index (χ0) is 29.2. The van der Waals surface area contributed by atoms with Crippen LogP contribution in [-0.4, -0.2) is 40.8 Å². The number of benzene rings is 1. The number of hydrogen-bond acceptors (Lipinski definition) is 4. The second-order valence-corrected chi connectivity index (χ2v) is 13.1. The molecule has 6 nitrogen and oxygen atoms in total. The van der Waals surface area contributed by atoms with Crippen LogP contribution in [0.5, 0.6) is 0 Å². The summed E-state index contributed by atoms with van der Waals surface area (Å²) in [6.45, 7) is 0.460. The van der Waals surface area contributed by atoms with Gasteiger partial charge in [0.05, 0.1) is 6.20 Å². The third-order valence-electron chi connectivity index (χ3n) is 7.81. The van der Waals surface area contributed by atoms with E-state index in [1.807, 2.05) is 0 Å². The van der Waals surface area contributed by atoms with Gasteiger partial charge in [-0.25, -0.2) is 13.2 Å². The minimum absolute atomic E-state index is 0.0764. The van der Waals surface area contributed by atoms with Crippen LogP contribution in [0.1, 0.15) is 50.1 Å². The van der Waals surface area contributed by atoms with Crippen molar-refractivity contribution in [2.24, 2.45) is 5.92 Å². The molecule has 1 aromatic heterocycles. The molecule has 1 saturated heterocycles. The summed E-state index contributed by atoms with van der Waals surface area (Å²) in [6.07, 6.45) is 1.80. The first kappa shape index (κ1) is 28.6. The topological polar surface area (TPSA) is 74.3 Å². The van der Waals surface area contributed by atoms with Crippen molar-refractivity contribution in [3.63, 3.8) is 0 Å². The molecule has 0 radical (unpaired) electrons. The summed E-state index contributed by atoms with van der Waals surface area (Å²) in [4.78, 5) is 30.1. The number of piperidine rings is 1. The first-order chi connectivity index (χ1) is 18.4. The lowest BCUT2D eigenvalue weighted by molar-refractivity contribution is -0.129. The zero-order valence-corrected chi connectivity index (χ0v) is 21.7. The molecular weight excluding hydrogens is 572 g/mol. The van der Waals surface area contributed by atoms with Crippen LogP contribution < -0.4 is 15.5 Å². The van der Waals surface area contributed by atoms with E-state index >= 15 is 0 Å². The van der Waals surface area contributed by atoms with E-state index in [2.05, 4.69) is 15.6 Å². The Labute approximate surface area is 224 Å². The Morgan fingerprint density at radius 2 is 1.68 bits per heavy atom. The van der Waals surface area contributed by atoms with E-state index in [0.717, 1.165) is 23.4 Å². The number of hydrogen-bond donors (Lipinski definition) is 2. The first-order valence-corrected chi connectivity index (χ1v) is 14.6. The van der Waals surface area contributed by atoms with Gasteiger partial charge in [0.2, 0.25) is 17.7 Å². The number of nitrogens with one attached hydrogen (secondary N) is 2. The van der Waals surface area contributed by atoms with E-state index in [0.29, 0.717) is 31.5 Å². The van der Waals surface area contributed by atoms with Crippen molar-refractivity contribution in [2.75, 3.05) is 11.4 Å². The molecular formula is C25H26F8N4O2S. The number of carbonyl (C=O) groups is 2. The van der Waals surface area contributed by atoms with Crippen LogP contribution in [0.15, 0.2) is 47.6 Å². The van der Waals surface area contributed by atoms with Crippen molar-refractivity contribution in [3.05, 3.63) is 54.1 Å². The van der Waals surface area contributed by atoms with Gasteiger partial charge in [0.15, 0.2) is 0 Å². The average Bonchev–Trinajstić information content (AvgIpc) is 3.41. The Hall–Kier alpha value is -2.94. The third kappa shape index (κ3) is 5.62. The van der Waals surface area contributed by atoms with Gasteiger partial charge in [-0.05, 0) is 68.5 Å². The van der Waals surface area contributed by atoms with Crippen molar-refractivity contribution in [2.45, 2.75) is 67.0 Å². The highest BCUT2D eigenvalue weighted by Crippen LogP contribution is 3.02. The monoisotopic (exact) mass is 598 g/mol. The van der Waals surface area contributed by atoms with Gasteiger partial charge in [0, 0.05) is 36.3 Å². The highest BCUT2D eigenvalue weighted by Gasteiger charge is 2.66. The van der Waals surface area contributed by atoms with Gasteiger partial charge in [0.1, 0.15) is 22.3 Å². The van der Waals surface area contributed by atoms with E-state index in [-0.39, 0.29) is 42.1 Å². The lowest BCUT2D eigenvalue weighted by Crippen LogP contribution is -2.54. The fourth-order valence-electron chi connectivity index (χ4n) is 5.62. The number of fused-ring (bicyclic) bond motifs is 1. The first-order valence-electron chi connectivity index (χ1n) is 12.6. The smallest absolute Gasteiger partial charge is 0.310 e. The lowest BCUT2D eigenvalue weighted by atomic mass is 9.91. The molecule has 3 atom stereocenters. The number of carbonyl (C=O) groups excluding carboxylic acids is 2.